The van der Waals surface area contributed by atoms with Crippen LogP contribution in [0.3, 0.4) is 0 Å². The summed E-state index contributed by atoms with van der Waals surface area (Å²) in [6, 6.07) is 17.3. The van der Waals surface area contributed by atoms with Crippen LogP contribution < -0.4 is 0 Å². The van der Waals surface area contributed by atoms with Crippen LogP contribution in [0.25, 0.3) is 21.7 Å². The van der Waals surface area contributed by atoms with Gasteiger partial charge in [-0.1, -0.05) is 36.4 Å². The summed E-state index contributed by atoms with van der Waals surface area (Å²) in [4.78, 5) is 4.30. The maximum atomic E-state index is 4.30. The summed E-state index contributed by atoms with van der Waals surface area (Å²) in [5.41, 5.74) is 5.20. The number of benzene rings is 2. The van der Waals surface area contributed by atoms with Crippen molar-refractivity contribution < 1.29 is 0 Å². The minimum atomic E-state index is 0. The molecule has 0 aliphatic heterocycles. The van der Waals surface area contributed by atoms with E-state index >= 15 is 0 Å². The first-order valence-electron chi connectivity index (χ1n) is 7.61. The van der Waals surface area contributed by atoms with Gasteiger partial charge in [0.1, 0.15) is 0 Å². The molecule has 0 unspecified atom stereocenters. The summed E-state index contributed by atoms with van der Waals surface area (Å²) >= 11 is 0. The Balaban J connectivity index is 0.00000156. The molecule has 116 valence electrons. The maximum absolute atomic E-state index is 4.30. The van der Waals surface area contributed by atoms with Crippen molar-refractivity contribution in [1.29, 1.82) is 0 Å². The van der Waals surface area contributed by atoms with Gasteiger partial charge in [0.25, 0.3) is 0 Å². The fourth-order valence-corrected chi connectivity index (χ4v) is 3.22. The molecule has 0 fully saturated rings. The molecule has 2 heterocycles. The molecule has 0 amide bonds. The quantitative estimate of drug-likeness (QED) is 0.491. The molecule has 0 saturated heterocycles. The Hall–Kier alpha value is -2.32. The first kappa shape index (κ1) is 15.6. The van der Waals surface area contributed by atoms with Crippen LogP contribution in [0.15, 0.2) is 60.9 Å². The van der Waals surface area contributed by atoms with E-state index in [-0.39, 0.29) is 12.4 Å². The third-order valence-electron chi connectivity index (χ3n) is 4.60. The van der Waals surface area contributed by atoms with E-state index in [1.165, 1.54) is 38.5 Å². The maximum Gasteiger partial charge on any atom is 0.0674 e. The Kier molecular flexibility index (Phi) is 4.10. The molecule has 0 spiro atoms. The second kappa shape index (κ2) is 6.05. The van der Waals surface area contributed by atoms with Crippen molar-refractivity contribution in [3.63, 3.8) is 0 Å². The predicted molar refractivity (Wildman–Crippen MR) is 99.5 cm³/mol. The van der Waals surface area contributed by atoms with E-state index in [4.69, 9.17) is 0 Å². The molecule has 0 radical (unpaired) electrons. The molecule has 0 bridgehead atoms. The fraction of sp³-hybridized carbons (Fsp3) is 0.150. The lowest BCUT2D eigenvalue weighted by atomic mass is 10.1. The number of aryl methyl sites for hydroxylation is 1. The van der Waals surface area contributed by atoms with Crippen molar-refractivity contribution in [2.75, 3.05) is 0 Å². The second-order valence-corrected chi connectivity index (χ2v) is 5.87. The van der Waals surface area contributed by atoms with Crippen molar-refractivity contribution in [2.45, 2.75) is 20.4 Å². The Labute approximate surface area is 142 Å². The van der Waals surface area contributed by atoms with Crippen molar-refractivity contribution in [1.82, 2.24) is 9.55 Å². The second-order valence-electron chi connectivity index (χ2n) is 5.87. The zero-order valence-corrected chi connectivity index (χ0v) is 14.1. The Bertz CT molecular complexity index is 985. The van der Waals surface area contributed by atoms with Crippen LogP contribution in [0, 0.1) is 13.8 Å². The Morgan fingerprint density at radius 3 is 2.57 bits per heavy atom. The molecule has 2 nitrogen and oxygen atoms in total. The lowest BCUT2D eigenvalue weighted by Gasteiger charge is -2.09. The minimum Gasteiger partial charge on any atom is -0.339 e. The average molecular weight is 323 g/mol. The van der Waals surface area contributed by atoms with Gasteiger partial charge in [-0.05, 0) is 47.9 Å². The molecule has 0 N–H and O–H groups in total. The number of rotatable bonds is 2. The number of hydrogen-bond acceptors (Lipinski definition) is 1. The number of hydrogen-bond donors (Lipinski definition) is 0. The third kappa shape index (κ3) is 2.60. The summed E-state index contributed by atoms with van der Waals surface area (Å²) in [7, 11) is 0. The molecule has 0 aliphatic carbocycles. The first-order valence-corrected chi connectivity index (χ1v) is 7.61. The van der Waals surface area contributed by atoms with Crippen LogP contribution in [0.5, 0.6) is 0 Å². The number of nitrogens with zero attached hydrogens (tertiary/aromatic N) is 2. The van der Waals surface area contributed by atoms with Crippen molar-refractivity contribution >= 4 is 34.1 Å². The zero-order chi connectivity index (χ0) is 15.1. The van der Waals surface area contributed by atoms with E-state index in [1.807, 2.05) is 12.4 Å². The van der Waals surface area contributed by atoms with Crippen LogP contribution in [0.2, 0.25) is 0 Å². The smallest absolute Gasteiger partial charge is 0.0674 e. The van der Waals surface area contributed by atoms with Gasteiger partial charge in [-0.2, -0.15) is 0 Å². The number of pyridine rings is 1. The molecule has 23 heavy (non-hydrogen) atoms. The molecule has 3 heteroatoms. The Morgan fingerprint density at radius 1 is 0.957 bits per heavy atom. The standard InChI is InChI=1S/C20H18N2.ClH/c1-14-15(2)22(20-12-21-10-9-19(14)20)13-16-7-8-17-5-3-4-6-18(17)11-16;/h3-12H,13H2,1-2H3;1H. The summed E-state index contributed by atoms with van der Waals surface area (Å²) in [5.74, 6) is 0. The average Bonchev–Trinajstić information content (AvgIpc) is 2.80. The highest BCUT2D eigenvalue weighted by Gasteiger charge is 2.11. The highest BCUT2D eigenvalue weighted by atomic mass is 35.5. The molecule has 4 rings (SSSR count). The number of fused-ring (bicyclic) bond motifs is 2. The normalized spacial score (nSPS) is 10.9. The van der Waals surface area contributed by atoms with Gasteiger partial charge < -0.3 is 4.57 Å². The highest BCUT2D eigenvalue weighted by Crippen LogP contribution is 2.26. The molecule has 2 aromatic carbocycles. The monoisotopic (exact) mass is 322 g/mol. The summed E-state index contributed by atoms with van der Waals surface area (Å²) in [5, 5.41) is 3.88. The van der Waals surface area contributed by atoms with E-state index < -0.39 is 0 Å². The van der Waals surface area contributed by atoms with E-state index in [9.17, 15) is 0 Å². The van der Waals surface area contributed by atoms with Gasteiger partial charge in [-0.25, -0.2) is 0 Å². The molecule has 0 atom stereocenters. The van der Waals surface area contributed by atoms with E-state index in [0.29, 0.717) is 0 Å². The largest absolute Gasteiger partial charge is 0.339 e. The van der Waals surface area contributed by atoms with Crippen LogP contribution in [0.1, 0.15) is 16.8 Å². The Morgan fingerprint density at radius 2 is 1.74 bits per heavy atom. The SMILES string of the molecule is Cc1c(C)n(Cc2ccc3ccccc3c2)c2cnccc12.Cl. The van der Waals surface area contributed by atoms with Gasteiger partial charge in [-0.3, -0.25) is 4.98 Å². The van der Waals surface area contributed by atoms with Crippen molar-refractivity contribution in [3.05, 3.63) is 77.7 Å². The lowest BCUT2D eigenvalue weighted by Crippen LogP contribution is -2.02. The van der Waals surface area contributed by atoms with Crippen molar-refractivity contribution in [2.24, 2.45) is 0 Å². The van der Waals surface area contributed by atoms with Gasteiger partial charge in [0.05, 0.1) is 11.7 Å². The zero-order valence-electron chi connectivity index (χ0n) is 13.3. The summed E-state index contributed by atoms with van der Waals surface area (Å²) < 4.78 is 2.36. The van der Waals surface area contributed by atoms with Gasteiger partial charge >= 0.3 is 0 Å². The number of aromatic nitrogens is 2. The molecule has 0 aliphatic rings. The predicted octanol–water partition coefficient (Wildman–Crippen LogP) is 5.28. The van der Waals surface area contributed by atoms with E-state index in [1.54, 1.807) is 0 Å². The highest BCUT2D eigenvalue weighted by molar-refractivity contribution is 5.86. The van der Waals surface area contributed by atoms with Crippen LogP contribution in [-0.2, 0) is 6.54 Å². The van der Waals surface area contributed by atoms with Crippen LogP contribution >= 0.6 is 12.4 Å². The van der Waals surface area contributed by atoms with Crippen LogP contribution in [-0.4, -0.2) is 9.55 Å². The van der Waals surface area contributed by atoms with Gasteiger partial charge in [0.15, 0.2) is 0 Å². The molecule has 0 saturated carbocycles. The third-order valence-corrected chi connectivity index (χ3v) is 4.60. The van der Waals surface area contributed by atoms with Gasteiger partial charge in [0.2, 0.25) is 0 Å². The van der Waals surface area contributed by atoms with E-state index in [0.717, 1.165) is 6.54 Å². The number of halogens is 1. The lowest BCUT2D eigenvalue weighted by molar-refractivity contribution is 0.800. The summed E-state index contributed by atoms with van der Waals surface area (Å²) in [6.07, 6.45) is 3.84. The topological polar surface area (TPSA) is 17.8 Å². The van der Waals surface area contributed by atoms with Gasteiger partial charge in [0, 0.05) is 23.8 Å². The first-order chi connectivity index (χ1) is 10.7. The molecule has 4 aromatic rings. The minimum absolute atomic E-state index is 0. The van der Waals surface area contributed by atoms with E-state index in [2.05, 4.69) is 71.9 Å². The van der Waals surface area contributed by atoms with Crippen molar-refractivity contribution in [3.8, 4) is 0 Å². The van der Waals surface area contributed by atoms with Gasteiger partial charge in [-0.15, -0.1) is 12.4 Å². The van der Waals surface area contributed by atoms with Crippen LogP contribution in [0.4, 0.5) is 0 Å². The molecular formula is C20H19ClN2. The molecule has 2 aromatic heterocycles. The molecular weight excluding hydrogens is 304 g/mol. The fourth-order valence-electron chi connectivity index (χ4n) is 3.22. The summed E-state index contributed by atoms with van der Waals surface area (Å²) in [6.45, 7) is 5.26.